The summed E-state index contributed by atoms with van der Waals surface area (Å²) < 4.78 is 27.8. The molecule has 2 aromatic rings. The maximum absolute atomic E-state index is 13.1. The molecule has 0 unspecified atom stereocenters. The van der Waals surface area contributed by atoms with Crippen molar-refractivity contribution < 1.29 is 13.2 Å². The molecule has 1 amide bonds. The standard InChI is InChI=1S/C21H23ClN2O3S/c22-18-9-5-10-19(12-18)28(26,27)23-14-17-8-4-11-21(25)24(20(17)15-23)13-16-6-2-1-3-7-16/h1-3,5-7,9-10,12,17,20H,4,8,11,13-15H2/t17-,20+/m1/s1. The van der Waals surface area contributed by atoms with Gasteiger partial charge in [0.25, 0.3) is 0 Å². The van der Waals surface area contributed by atoms with Gasteiger partial charge in [0.15, 0.2) is 0 Å². The smallest absolute Gasteiger partial charge is 0.243 e. The predicted octanol–water partition coefficient (Wildman–Crippen LogP) is 3.54. The first-order chi connectivity index (χ1) is 13.4. The quantitative estimate of drug-likeness (QED) is 0.763. The van der Waals surface area contributed by atoms with E-state index in [1.54, 1.807) is 18.2 Å². The van der Waals surface area contributed by atoms with E-state index < -0.39 is 10.0 Å². The average Bonchev–Trinajstić information content (AvgIpc) is 3.06. The second kappa shape index (κ2) is 7.85. The zero-order valence-electron chi connectivity index (χ0n) is 15.5. The summed E-state index contributed by atoms with van der Waals surface area (Å²) in [5.41, 5.74) is 1.06. The van der Waals surface area contributed by atoms with Gasteiger partial charge in [-0.3, -0.25) is 4.79 Å². The highest BCUT2D eigenvalue weighted by molar-refractivity contribution is 7.89. The molecule has 4 rings (SSSR count). The van der Waals surface area contributed by atoms with E-state index in [0.717, 1.165) is 18.4 Å². The largest absolute Gasteiger partial charge is 0.334 e. The van der Waals surface area contributed by atoms with Gasteiger partial charge < -0.3 is 4.90 Å². The molecular formula is C21H23ClN2O3S. The lowest BCUT2D eigenvalue weighted by molar-refractivity contribution is -0.133. The maximum Gasteiger partial charge on any atom is 0.243 e. The minimum Gasteiger partial charge on any atom is -0.334 e. The van der Waals surface area contributed by atoms with Crippen molar-refractivity contribution in [1.29, 1.82) is 0 Å². The van der Waals surface area contributed by atoms with E-state index in [4.69, 9.17) is 11.6 Å². The minimum absolute atomic E-state index is 0.0934. The topological polar surface area (TPSA) is 57.7 Å². The number of amides is 1. The van der Waals surface area contributed by atoms with Crippen molar-refractivity contribution in [3.05, 3.63) is 65.2 Å². The van der Waals surface area contributed by atoms with E-state index in [9.17, 15) is 13.2 Å². The first-order valence-electron chi connectivity index (χ1n) is 9.54. The number of sulfonamides is 1. The van der Waals surface area contributed by atoms with Crippen LogP contribution < -0.4 is 0 Å². The van der Waals surface area contributed by atoms with Gasteiger partial charge >= 0.3 is 0 Å². The van der Waals surface area contributed by atoms with Gasteiger partial charge in [-0.1, -0.05) is 48.0 Å². The van der Waals surface area contributed by atoms with Crippen LogP contribution in [0.3, 0.4) is 0 Å². The molecule has 28 heavy (non-hydrogen) atoms. The fourth-order valence-corrected chi connectivity index (χ4v) is 6.07. The zero-order valence-corrected chi connectivity index (χ0v) is 17.1. The molecule has 2 heterocycles. The Morgan fingerprint density at radius 2 is 1.82 bits per heavy atom. The fourth-order valence-electron chi connectivity index (χ4n) is 4.25. The van der Waals surface area contributed by atoms with Gasteiger partial charge in [-0.15, -0.1) is 0 Å². The van der Waals surface area contributed by atoms with Crippen molar-refractivity contribution in [1.82, 2.24) is 9.21 Å². The molecule has 5 nitrogen and oxygen atoms in total. The van der Waals surface area contributed by atoms with Crippen molar-refractivity contribution in [3.8, 4) is 0 Å². The predicted molar refractivity (Wildman–Crippen MR) is 108 cm³/mol. The van der Waals surface area contributed by atoms with Crippen LogP contribution in [0.1, 0.15) is 24.8 Å². The Labute approximate surface area is 171 Å². The number of rotatable bonds is 4. The van der Waals surface area contributed by atoms with Gasteiger partial charge in [0, 0.05) is 37.1 Å². The summed E-state index contributed by atoms with van der Waals surface area (Å²) in [7, 11) is -3.63. The van der Waals surface area contributed by atoms with Gasteiger partial charge in [-0.05, 0) is 42.5 Å². The summed E-state index contributed by atoms with van der Waals surface area (Å²) in [5.74, 6) is 0.266. The first kappa shape index (κ1) is 19.4. The second-order valence-corrected chi connectivity index (χ2v) is 9.88. The van der Waals surface area contributed by atoms with Crippen LogP contribution in [-0.2, 0) is 21.4 Å². The van der Waals surface area contributed by atoms with E-state index in [2.05, 4.69) is 0 Å². The summed E-state index contributed by atoms with van der Waals surface area (Å²) in [6.07, 6.45) is 2.19. The highest BCUT2D eigenvalue weighted by Gasteiger charge is 2.44. The van der Waals surface area contributed by atoms with Crippen LogP contribution in [0, 0.1) is 5.92 Å². The van der Waals surface area contributed by atoms with Crippen LogP contribution >= 0.6 is 11.6 Å². The normalized spacial score (nSPS) is 23.5. The third-order valence-electron chi connectivity index (χ3n) is 5.69. The number of hydrogen-bond donors (Lipinski definition) is 0. The number of benzene rings is 2. The summed E-state index contributed by atoms with van der Waals surface area (Å²) in [6, 6.07) is 16.1. The molecule has 2 fully saturated rings. The van der Waals surface area contributed by atoms with Crippen LogP contribution in [0.25, 0.3) is 0 Å². The molecule has 0 aliphatic carbocycles. The molecular weight excluding hydrogens is 396 g/mol. The van der Waals surface area contributed by atoms with E-state index in [1.807, 2.05) is 35.2 Å². The number of hydrogen-bond acceptors (Lipinski definition) is 3. The van der Waals surface area contributed by atoms with Crippen molar-refractivity contribution >= 4 is 27.5 Å². The molecule has 0 aromatic heterocycles. The number of fused-ring (bicyclic) bond motifs is 1. The van der Waals surface area contributed by atoms with E-state index in [-0.39, 0.29) is 22.8 Å². The van der Waals surface area contributed by atoms with Crippen molar-refractivity contribution in [2.75, 3.05) is 13.1 Å². The van der Waals surface area contributed by atoms with Crippen LogP contribution in [0.4, 0.5) is 0 Å². The highest BCUT2D eigenvalue weighted by atomic mass is 35.5. The lowest BCUT2D eigenvalue weighted by Gasteiger charge is -2.30. The number of likely N-dealkylation sites (tertiary alicyclic amines) is 1. The Bertz CT molecular complexity index is 965. The Morgan fingerprint density at radius 3 is 2.57 bits per heavy atom. The molecule has 2 aromatic carbocycles. The Balaban J connectivity index is 1.60. The third kappa shape index (κ3) is 3.81. The van der Waals surface area contributed by atoms with Crippen LogP contribution in [0.5, 0.6) is 0 Å². The van der Waals surface area contributed by atoms with Crippen LogP contribution in [0.15, 0.2) is 59.5 Å². The first-order valence-corrected chi connectivity index (χ1v) is 11.4. The molecule has 148 valence electrons. The van der Waals surface area contributed by atoms with Gasteiger partial charge in [0.05, 0.1) is 4.90 Å². The SMILES string of the molecule is O=C1CCC[C@@H]2CN(S(=O)(=O)c3cccc(Cl)c3)C[C@@H]2N1Cc1ccccc1. The Kier molecular flexibility index (Phi) is 5.45. The van der Waals surface area contributed by atoms with Gasteiger partial charge in [0.2, 0.25) is 15.9 Å². The molecule has 2 aliphatic heterocycles. The minimum atomic E-state index is -3.63. The number of carbonyl (C=O) groups is 1. The van der Waals surface area contributed by atoms with Crippen LogP contribution in [0.2, 0.25) is 5.02 Å². The molecule has 2 saturated heterocycles. The summed E-state index contributed by atoms with van der Waals surface area (Å²) in [4.78, 5) is 14.9. The van der Waals surface area contributed by atoms with Crippen molar-refractivity contribution in [2.45, 2.75) is 36.7 Å². The number of halogens is 1. The molecule has 2 atom stereocenters. The fraction of sp³-hybridized carbons (Fsp3) is 0.381. The summed E-state index contributed by atoms with van der Waals surface area (Å²) >= 11 is 6.00. The van der Waals surface area contributed by atoms with Gasteiger partial charge in [-0.25, -0.2) is 8.42 Å². The molecule has 7 heteroatoms. The third-order valence-corrected chi connectivity index (χ3v) is 7.75. The molecule has 0 spiro atoms. The molecule has 0 saturated carbocycles. The zero-order chi connectivity index (χ0) is 19.7. The second-order valence-electron chi connectivity index (χ2n) is 7.51. The van der Waals surface area contributed by atoms with Crippen molar-refractivity contribution in [2.24, 2.45) is 5.92 Å². The van der Waals surface area contributed by atoms with Crippen molar-refractivity contribution in [3.63, 3.8) is 0 Å². The van der Waals surface area contributed by atoms with E-state index in [1.165, 1.54) is 10.4 Å². The van der Waals surface area contributed by atoms with E-state index >= 15 is 0 Å². The molecule has 0 N–H and O–H groups in total. The summed E-state index contributed by atoms with van der Waals surface area (Å²) in [5, 5.41) is 0.398. The van der Waals surface area contributed by atoms with Gasteiger partial charge in [0.1, 0.15) is 0 Å². The van der Waals surface area contributed by atoms with Gasteiger partial charge in [-0.2, -0.15) is 4.31 Å². The molecule has 0 bridgehead atoms. The lowest BCUT2D eigenvalue weighted by atomic mass is 9.98. The molecule has 2 aliphatic rings. The average molecular weight is 419 g/mol. The molecule has 0 radical (unpaired) electrons. The van der Waals surface area contributed by atoms with Crippen LogP contribution in [-0.4, -0.2) is 42.7 Å². The monoisotopic (exact) mass is 418 g/mol. The van der Waals surface area contributed by atoms with E-state index in [0.29, 0.717) is 31.1 Å². The lowest BCUT2D eigenvalue weighted by Crippen LogP contribution is -2.43. The maximum atomic E-state index is 13.1. The Hall–Kier alpha value is -1.89. The Morgan fingerprint density at radius 1 is 1.04 bits per heavy atom. The number of nitrogens with zero attached hydrogens (tertiary/aromatic N) is 2. The summed E-state index contributed by atoms with van der Waals surface area (Å²) in [6.45, 7) is 1.29. The highest BCUT2D eigenvalue weighted by Crippen LogP contribution is 2.34. The number of carbonyl (C=O) groups excluding carboxylic acids is 1.